The molecule has 6 heteroatoms. The fraction of sp³-hybridized carbons (Fsp3) is 0.609. The highest BCUT2D eigenvalue weighted by Gasteiger charge is 2.19. The minimum absolute atomic E-state index is 0.0186. The zero-order chi connectivity index (χ0) is 20.6. The number of hydrogen-bond donors (Lipinski definition) is 1. The molecule has 1 aromatic heterocycles. The van der Waals surface area contributed by atoms with Gasteiger partial charge < -0.3 is 9.88 Å². The molecule has 3 rings (SSSR count). The fourth-order valence-corrected chi connectivity index (χ4v) is 5.07. The molecule has 0 radical (unpaired) electrons. The number of nitrogens with one attached hydrogen (secondary N) is 1. The van der Waals surface area contributed by atoms with Crippen LogP contribution in [0.3, 0.4) is 0 Å². The summed E-state index contributed by atoms with van der Waals surface area (Å²) in [6, 6.07) is 6.25. The van der Waals surface area contributed by atoms with Gasteiger partial charge in [0.2, 0.25) is 5.91 Å². The number of carbonyl (C=O) groups is 1. The molecule has 0 bridgehead atoms. The molecule has 1 aliphatic rings. The Labute approximate surface area is 179 Å². The van der Waals surface area contributed by atoms with Gasteiger partial charge in [-0.15, -0.1) is 10.2 Å². The molecule has 0 aliphatic heterocycles. The number of para-hydroxylation sites is 1. The largest absolute Gasteiger partial charge is 0.325 e. The number of nitrogens with zero attached hydrogens (tertiary/aromatic N) is 3. The molecule has 0 atom stereocenters. The van der Waals surface area contributed by atoms with Gasteiger partial charge in [0.05, 0.1) is 5.75 Å². The van der Waals surface area contributed by atoms with E-state index in [1.54, 1.807) is 0 Å². The van der Waals surface area contributed by atoms with E-state index in [4.69, 9.17) is 0 Å². The monoisotopic (exact) mass is 414 g/mol. The third kappa shape index (κ3) is 5.62. The number of benzene rings is 1. The molecule has 1 heterocycles. The van der Waals surface area contributed by atoms with Crippen molar-refractivity contribution in [1.82, 2.24) is 14.8 Å². The molecule has 1 saturated carbocycles. The van der Waals surface area contributed by atoms with Gasteiger partial charge in [-0.25, -0.2) is 0 Å². The Kier molecular flexibility index (Phi) is 8.16. The lowest BCUT2D eigenvalue weighted by molar-refractivity contribution is -0.113. The van der Waals surface area contributed by atoms with Crippen LogP contribution in [0, 0.1) is 5.92 Å². The standard InChI is InChI=1S/C23H34N4OS/c1-4-18-13-10-14-19(5-2)22(18)24-21(28)16-29-23-26-25-20(27(23)6-3)15-17-11-8-7-9-12-17/h10,13-14,17H,4-9,11-12,15-16H2,1-3H3,(H,24,28). The Morgan fingerprint density at radius 2 is 1.79 bits per heavy atom. The summed E-state index contributed by atoms with van der Waals surface area (Å²) in [6.45, 7) is 7.22. The maximum Gasteiger partial charge on any atom is 0.234 e. The number of aromatic nitrogens is 3. The van der Waals surface area contributed by atoms with Gasteiger partial charge in [-0.2, -0.15) is 0 Å². The van der Waals surface area contributed by atoms with Crippen molar-refractivity contribution >= 4 is 23.4 Å². The second kappa shape index (κ2) is 10.8. The van der Waals surface area contributed by atoms with E-state index in [1.165, 1.54) is 55.0 Å². The molecule has 1 fully saturated rings. The Morgan fingerprint density at radius 3 is 2.41 bits per heavy atom. The highest BCUT2D eigenvalue weighted by atomic mass is 32.2. The lowest BCUT2D eigenvalue weighted by Crippen LogP contribution is -2.17. The number of rotatable bonds is 9. The van der Waals surface area contributed by atoms with Gasteiger partial charge in [-0.3, -0.25) is 4.79 Å². The van der Waals surface area contributed by atoms with Gasteiger partial charge >= 0.3 is 0 Å². The number of thioether (sulfide) groups is 1. The predicted molar refractivity (Wildman–Crippen MR) is 121 cm³/mol. The number of hydrogen-bond acceptors (Lipinski definition) is 4. The van der Waals surface area contributed by atoms with Crippen LogP contribution in [-0.4, -0.2) is 26.4 Å². The first-order valence-electron chi connectivity index (χ1n) is 11.1. The van der Waals surface area contributed by atoms with Crippen molar-refractivity contribution in [2.45, 2.75) is 83.8 Å². The topological polar surface area (TPSA) is 59.8 Å². The molecule has 1 amide bonds. The van der Waals surface area contributed by atoms with Crippen LogP contribution in [0.1, 0.15) is 69.8 Å². The van der Waals surface area contributed by atoms with E-state index in [-0.39, 0.29) is 5.91 Å². The van der Waals surface area contributed by atoms with Crippen LogP contribution in [-0.2, 0) is 30.6 Å². The van der Waals surface area contributed by atoms with Crippen LogP contribution in [0.5, 0.6) is 0 Å². The van der Waals surface area contributed by atoms with Gasteiger partial charge in [-0.05, 0) is 36.8 Å². The van der Waals surface area contributed by atoms with Crippen molar-refractivity contribution in [1.29, 1.82) is 0 Å². The predicted octanol–water partition coefficient (Wildman–Crippen LogP) is 5.28. The summed E-state index contributed by atoms with van der Waals surface area (Å²) in [5.74, 6) is 2.18. The quantitative estimate of drug-likeness (QED) is 0.567. The summed E-state index contributed by atoms with van der Waals surface area (Å²) in [7, 11) is 0. The van der Waals surface area contributed by atoms with Crippen molar-refractivity contribution in [2.24, 2.45) is 5.92 Å². The van der Waals surface area contributed by atoms with Crippen molar-refractivity contribution < 1.29 is 4.79 Å². The minimum Gasteiger partial charge on any atom is -0.325 e. The smallest absolute Gasteiger partial charge is 0.234 e. The van der Waals surface area contributed by atoms with Crippen molar-refractivity contribution in [2.75, 3.05) is 11.1 Å². The number of carbonyl (C=O) groups excluding carboxylic acids is 1. The zero-order valence-corrected chi connectivity index (χ0v) is 18.9. The average Bonchev–Trinajstić information content (AvgIpc) is 3.14. The average molecular weight is 415 g/mol. The summed E-state index contributed by atoms with van der Waals surface area (Å²) in [5, 5.41) is 12.9. The Hall–Kier alpha value is -1.82. The Morgan fingerprint density at radius 1 is 1.10 bits per heavy atom. The third-order valence-electron chi connectivity index (χ3n) is 5.90. The first-order valence-corrected chi connectivity index (χ1v) is 12.1. The minimum atomic E-state index is 0.0186. The lowest BCUT2D eigenvalue weighted by Gasteiger charge is -2.21. The summed E-state index contributed by atoms with van der Waals surface area (Å²) in [4.78, 5) is 12.7. The highest BCUT2D eigenvalue weighted by Crippen LogP contribution is 2.28. The molecule has 0 saturated heterocycles. The number of aryl methyl sites for hydroxylation is 2. The first kappa shape index (κ1) is 21.9. The van der Waals surface area contributed by atoms with Crippen LogP contribution in [0.25, 0.3) is 0 Å². The highest BCUT2D eigenvalue weighted by molar-refractivity contribution is 7.99. The summed E-state index contributed by atoms with van der Waals surface area (Å²) in [5.41, 5.74) is 3.36. The van der Waals surface area contributed by atoms with E-state index in [9.17, 15) is 4.79 Å². The van der Waals surface area contributed by atoms with Crippen molar-refractivity contribution in [3.63, 3.8) is 0 Å². The Balaban J connectivity index is 1.62. The second-order valence-corrected chi connectivity index (χ2v) is 8.79. The zero-order valence-electron chi connectivity index (χ0n) is 18.0. The third-order valence-corrected chi connectivity index (χ3v) is 6.87. The van der Waals surface area contributed by atoms with Gasteiger partial charge in [0, 0.05) is 18.7 Å². The van der Waals surface area contributed by atoms with E-state index < -0.39 is 0 Å². The maximum absolute atomic E-state index is 12.7. The number of anilines is 1. The van der Waals surface area contributed by atoms with E-state index in [1.807, 2.05) is 0 Å². The molecule has 158 valence electrons. The van der Waals surface area contributed by atoms with Crippen molar-refractivity contribution in [3.8, 4) is 0 Å². The first-order chi connectivity index (χ1) is 14.2. The van der Waals surface area contributed by atoms with Crippen LogP contribution in [0.15, 0.2) is 23.4 Å². The maximum atomic E-state index is 12.7. The summed E-state index contributed by atoms with van der Waals surface area (Å²) in [6.07, 6.45) is 9.48. The van der Waals surface area contributed by atoms with Crippen LogP contribution >= 0.6 is 11.8 Å². The van der Waals surface area contributed by atoms with Crippen LogP contribution in [0.4, 0.5) is 5.69 Å². The van der Waals surface area contributed by atoms with E-state index >= 15 is 0 Å². The van der Waals surface area contributed by atoms with Gasteiger partial charge in [-0.1, -0.05) is 75.9 Å². The molecule has 1 aliphatic carbocycles. The van der Waals surface area contributed by atoms with Crippen molar-refractivity contribution in [3.05, 3.63) is 35.2 Å². The van der Waals surface area contributed by atoms with Crippen LogP contribution < -0.4 is 5.32 Å². The van der Waals surface area contributed by atoms with E-state index in [2.05, 4.69) is 59.1 Å². The summed E-state index contributed by atoms with van der Waals surface area (Å²) >= 11 is 1.49. The lowest BCUT2D eigenvalue weighted by atomic mass is 9.87. The molecular formula is C23H34N4OS. The molecule has 0 spiro atoms. The van der Waals surface area contributed by atoms with E-state index in [0.717, 1.165) is 48.4 Å². The normalized spacial score (nSPS) is 14.9. The number of amides is 1. The molecule has 2 aromatic rings. The Bertz CT molecular complexity index is 789. The van der Waals surface area contributed by atoms with E-state index in [0.29, 0.717) is 5.75 Å². The molecule has 0 unspecified atom stereocenters. The second-order valence-electron chi connectivity index (χ2n) is 7.85. The fourth-order valence-electron chi connectivity index (χ4n) is 4.25. The molecular weight excluding hydrogens is 380 g/mol. The molecule has 29 heavy (non-hydrogen) atoms. The SMILES string of the molecule is CCc1cccc(CC)c1NC(=O)CSc1nnc(CC2CCCCC2)n1CC. The van der Waals surface area contributed by atoms with Gasteiger partial charge in [0.25, 0.3) is 0 Å². The molecule has 1 aromatic carbocycles. The van der Waals surface area contributed by atoms with Gasteiger partial charge in [0.15, 0.2) is 5.16 Å². The van der Waals surface area contributed by atoms with Crippen LogP contribution in [0.2, 0.25) is 0 Å². The van der Waals surface area contributed by atoms with Gasteiger partial charge in [0.1, 0.15) is 5.82 Å². The molecule has 5 nitrogen and oxygen atoms in total. The molecule has 1 N–H and O–H groups in total. The summed E-state index contributed by atoms with van der Waals surface area (Å²) < 4.78 is 2.18.